The fraction of sp³-hybridized carbons (Fsp3) is 0.904. The Labute approximate surface area is 557 Å². The number of hydrogen-bond donors (Lipinski definition) is 3. The molecule has 0 heterocycles. The highest BCUT2D eigenvalue weighted by Gasteiger charge is 2.18. The highest BCUT2D eigenvalue weighted by Crippen LogP contribution is 2.20. The molecule has 89 heavy (non-hydrogen) atoms. The van der Waals surface area contributed by atoms with Crippen LogP contribution in [0.15, 0.2) is 36.5 Å². The summed E-state index contributed by atoms with van der Waals surface area (Å²) < 4.78 is 5.51. The van der Waals surface area contributed by atoms with Crippen LogP contribution in [-0.4, -0.2) is 47.4 Å². The number of esters is 1. The van der Waals surface area contributed by atoms with Crippen LogP contribution in [0.4, 0.5) is 0 Å². The van der Waals surface area contributed by atoms with Crippen LogP contribution >= 0.6 is 0 Å². The zero-order valence-corrected chi connectivity index (χ0v) is 60.4. The van der Waals surface area contributed by atoms with Crippen molar-refractivity contribution in [3.05, 3.63) is 36.5 Å². The molecule has 0 aromatic heterocycles. The lowest BCUT2D eigenvalue weighted by Gasteiger charge is -2.20. The number of unbranched alkanes of at least 4 members (excludes halogenated alkanes) is 62. The second-order valence-electron chi connectivity index (χ2n) is 28.1. The Morgan fingerprint density at radius 2 is 0.562 bits per heavy atom. The predicted molar refractivity (Wildman–Crippen MR) is 393 cm³/mol. The van der Waals surface area contributed by atoms with Crippen molar-refractivity contribution in [1.82, 2.24) is 5.32 Å². The number of aliphatic hydroxyl groups excluding tert-OH is 2. The lowest BCUT2D eigenvalue weighted by atomic mass is 10.0. The van der Waals surface area contributed by atoms with Gasteiger partial charge >= 0.3 is 5.97 Å². The van der Waals surface area contributed by atoms with Gasteiger partial charge in [0, 0.05) is 12.8 Å². The fourth-order valence-electron chi connectivity index (χ4n) is 13.0. The molecule has 0 rings (SSSR count). The van der Waals surface area contributed by atoms with E-state index >= 15 is 0 Å². The Hall–Kier alpha value is -1.92. The summed E-state index contributed by atoms with van der Waals surface area (Å²) in [7, 11) is 0. The van der Waals surface area contributed by atoms with Gasteiger partial charge in [0.1, 0.15) is 0 Å². The second kappa shape index (κ2) is 78.5. The van der Waals surface area contributed by atoms with Crippen molar-refractivity contribution in [3.8, 4) is 0 Å². The molecule has 2 unspecified atom stereocenters. The van der Waals surface area contributed by atoms with Crippen molar-refractivity contribution in [1.29, 1.82) is 0 Å². The van der Waals surface area contributed by atoms with E-state index in [4.69, 9.17) is 4.74 Å². The first-order chi connectivity index (χ1) is 44.0. The minimum Gasteiger partial charge on any atom is -0.466 e. The number of rotatable bonds is 77. The number of carbonyl (C=O) groups is 2. The maximum Gasteiger partial charge on any atom is 0.305 e. The van der Waals surface area contributed by atoms with Gasteiger partial charge in [-0.1, -0.05) is 416 Å². The molecule has 0 aromatic rings. The summed E-state index contributed by atoms with van der Waals surface area (Å²) in [6.07, 6.45) is 103. The molecular weight excluding hydrogens is 1090 g/mol. The van der Waals surface area contributed by atoms with Gasteiger partial charge in [-0.05, 0) is 64.2 Å². The number of ether oxygens (including phenoxy) is 1. The van der Waals surface area contributed by atoms with Gasteiger partial charge < -0.3 is 20.3 Å². The lowest BCUT2D eigenvalue weighted by Crippen LogP contribution is -2.45. The van der Waals surface area contributed by atoms with E-state index < -0.39 is 12.1 Å². The third kappa shape index (κ3) is 75.0. The summed E-state index contributed by atoms with van der Waals surface area (Å²) in [5, 5.41) is 23.2. The Bertz CT molecular complexity index is 1440. The number of allylic oxidation sites excluding steroid dienone is 5. The normalized spacial score (nSPS) is 12.6. The van der Waals surface area contributed by atoms with Crippen LogP contribution < -0.4 is 5.32 Å². The molecule has 0 fully saturated rings. The number of amides is 1. The van der Waals surface area contributed by atoms with Crippen LogP contribution in [0.2, 0.25) is 0 Å². The first-order valence-corrected chi connectivity index (χ1v) is 40.8. The zero-order chi connectivity index (χ0) is 64.2. The van der Waals surface area contributed by atoms with Gasteiger partial charge in [-0.2, -0.15) is 0 Å². The van der Waals surface area contributed by atoms with Gasteiger partial charge in [0.2, 0.25) is 5.91 Å². The lowest BCUT2D eigenvalue weighted by molar-refractivity contribution is -0.143. The molecule has 1 amide bonds. The van der Waals surface area contributed by atoms with Gasteiger partial charge in [0.05, 0.1) is 25.4 Å². The van der Waals surface area contributed by atoms with Crippen LogP contribution in [-0.2, 0) is 14.3 Å². The van der Waals surface area contributed by atoms with E-state index in [9.17, 15) is 19.8 Å². The predicted octanol–water partition coefficient (Wildman–Crippen LogP) is 27.0. The Morgan fingerprint density at radius 1 is 0.315 bits per heavy atom. The minimum absolute atomic E-state index is 0.0244. The van der Waals surface area contributed by atoms with E-state index in [-0.39, 0.29) is 18.5 Å². The van der Waals surface area contributed by atoms with Gasteiger partial charge in [-0.25, -0.2) is 0 Å². The van der Waals surface area contributed by atoms with E-state index in [1.54, 1.807) is 6.08 Å². The molecule has 526 valence electrons. The van der Waals surface area contributed by atoms with Gasteiger partial charge in [0.15, 0.2) is 0 Å². The molecule has 0 aromatic carbocycles. The molecule has 6 heteroatoms. The quantitative estimate of drug-likeness (QED) is 0.0320. The van der Waals surface area contributed by atoms with Crippen molar-refractivity contribution < 1.29 is 24.5 Å². The standard InChI is InChI=1S/C83H159NO5/c1-3-5-7-9-11-13-15-17-19-44-47-51-55-59-63-67-71-75-81(86)80(79-85)84-82(87)76-72-68-64-60-56-52-48-45-42-40-38-36-34-32-30-28-26-24-22-21-23-25-27-29-31-33-35-37-39-41-43-46-50-54-58-62-66-70-74-78-89-83(88)77-73-69-65-61-57-53-49-20-18-16-14-12-10-8-6-4-2/h21-22,25,27,71,75,80-81,85-86H,3-20,23-24,26,28-70,72-74,76-79H2,1-2H3,(H,84,87)/b22-21-,27-25-,75-71+. The molecule has 0 spiro atoms. The molecule has 3 N–H and O–H groups in total. The molecule has 0 bridgehead atoms. The molecule has 0 aliphatic heterocycles. The van der Waals surface area contributed by atoms with Gasteiger partial charge in [0.25, 0.3) is 0 Å². The monoisotopic (exact) mass is 1250 g/mol. The zero-order valence-electron chi connectivity index (χ0n) is 60.4. The maximum atomic E-state index is 12.5. The van der Waals surface area contributed by atoms with Gasteiger partial charge in [-0.15, -0.1) is 0 Å². The topological polar surface area (TPSA) is 95.9 Å². The molecule has 0 radical (unpaired) electrons. The van der Waals surface area contributed by atoms with Crippen molar-refractivity contribution in [3.63, 3.8) is 0 Å². The first kappa shape index (κ1) is 87.1. The van der Waals surface area contributed by atoms with E-state index in [0.717, 1.165) is 44.9 Å². The second-order valence-corrected chi connectivity index (χ2v) is 28.1. The van der Waals surface area contributed by atoms with Gasteiger partial charge in [-0.3, -0.25) is 9.59 Å². The number of aliphatic hydroxyl groups is 2. The number of carbonyl (C=O) groups excluding carboxylic acids is 2. The molecular formula is C83H159NO5. The van der Waals surface area contributed by atoms with Crippen LogP contribution in [0, 0.1) is 0 Å². The summed E-state index contributed by atoms with van der Waals surface area (Å²) in [6, 6.07) is -0.626. The molecule has 0 saturated carbocycles. The average Bonchev–Trinajstić information content (AvgIpc) is 3.62. The number of nitrogens with one attached hydrogen (secondary N) is 1. The molecule has 0 aliphatic carbocycles. The molecule has 0 saturated heterocycles. The van der Waals surface area contributed by atoms with Crippen molar-refractivity contribution >= 4 is 11.9 Å². The largest absolute Gasteiger partial charge is 0.466 e. The fourth-order valence-corrected chi connectivity index (χ4v) is 13.0. The first-order valence-electron chi connectivity index (χ1n) is 40.8. The van der Waals surface area contributed by atoms with E-state index in [2.05, 4.69) is 43.5 Å². The smallest absolute Gasteiger partial charge is 0.305 e. The summed E-state index contributed by atoms with van der Waals surface area (Å²) in [6.45, 7) is 4.96. The minimum atomic E-state index is -0.843. The maximum absolute atomic E-state index is 12.5. The Kier molecular flexibility index (Phi) is 76.8. The molecule has 6 nitrogen and oxygen atoms in total. The summed E-state index contributed by atoms with van der Waals surface area (Å²) >= 11 is 0. The van der Waals surface area contributed by atoms with E-state index in [0.29, 0.717) is 19.4 Å². The highest BCUT2D eigenvalue weighted by molar-refractivity contribution is 5.76. The third-order valence-electron chi connectivity index (χ3n) is 19.2. The summed E-state index contributed by atoms with van der Waals surface area (Å²) in [5.74, 6) is -0.0370. The SMILES string of the molecule is CCCCCCCCCCCCCCCCC/C=C/C(O)C(CO)NC(=O)CCCCCCCCCCCCCCCCCCC/C=C\C/C=C\CCCCCCCCCCCCCCCCCOC(=O)CCCCCCCCCCCCCCCCCC. The van der Waals surface area contributed by atoms with Crippen molar-refractivity contribution in [2.45, 2.75) is 469 Å². The number of hydrogen-bond acceptors (Lipinski definition) is 5. The van der Waals surface area contributed by atoms with E-state index in [1.165, 1.54) is 385 Å². The van der Waals surface area contributed by atoms with Crippen LogP contribution in [0.5, 0.6) is 0 Å². The third-order valence-corrected chi connectivity index (χ3v) is 19.2. The average molecular weight is 1250 g/mol. The Morgan fingerprint density at radius 3 is 0.854 bits per heavy atom. The molecule has 0 aliphatic rings. The van der Waals surface area contributed by atoms with Crippen LogP contribution in [0.1, 0.15) is 457 Å². The van der Waals surface area contributed by atoms with Crippen molar-refractivity contribution in [2.24, 2.45) is 0 Å². The van der Waals surface area contributed by atoms with Crippen LogP contribution in [0.25, 0.3) is 0 Å². The highest BCUT2D eigenvalue weighted by atomic mass is 16.5. The Balaban J connectivity index is 3.35. The van der Waals surface area contributed by atoms with E-state index in [1.807, 2.05) is 6.08 Å². The van der Waals surface area contributed by atoms with Crippen LogP contribution in [0.3, 0.4) is 0 Å². The van der Waals surface area contributed by atoms with Crippen molar-refractivity contribution in [2.75, 3.05) is 13.2 Å². The summed E-state index contributed by atoms with van der Waals surface area (Å²) in [4.78, 5) is 24.6. The summed E-state index contributed by atoms with van der Waals surface area (Å²) in [5.41, 5.74) is 0. The molecule has 2 atom stereocenters.